The SMILES string of the molecule is CCCC(=O)Nc1cccc(NC(=O)C(C)Oc2ccccc2C(C)CC)c1. The number of amides is 2. The molecule has 5 nitrogen and oxygen atoms in total. The van der Waals surface area contributed by atoms with E-state index >= 15 is 0 Å². The number of anilines is 2. The molecular formula is C23H30N2O3. The van der Waals surface area contributed by atoms with Crippen LogP contribution in [-0.4, -0.2) is 17.9 Å². The Bertz CT molecular complexity index is 804. The smallest absolute Gasteiger partial charge is 0.265 e. The Morgan fingerprint density at radius 3 is 2.32 bits per heavy atom. The zero-order valence-electron chi connectivity index (χ0n) is 17.1. The third-order valence-corrected chi connectivity index (χ3v) is 4.63. The lowest BCUT2D eigenvalue weighted by Gasteiger charge is -2.19. The highest BCUT2D eigenvalue weighted by molar-refractivity contribution is 5.96. The lowest BCUT2D eigenvalue weighted by Crippen LogP contribution is -2.30. The molecule has 2 aromatic carbocycles. The van der Waals surface area contributed by atoms with E-state index in [1.807, 2.05) is 31.2 Å². The van der Waals surface area contributed by atoms with Crippen LogP contribution in [0.25, 0.3) is 0 Å². The topological polar surface area (TPSA) is 67.4 Å². The van der Waals surface area contributed by atoms with Crippen LogP contribution in [0.5, 0.6) is 5.75 Å². The number of nitrogens with one attached hydrogen (secondary N) is 2. The number of carbonyl (C=O) groups excluding carboxylic acids is 2. The molecule has 0 radical (unpaired) electrons. The lowest BCUT2D eigenvalue weighted by atomic mass is 9.98. The van der Waals surface area contributed by atoms with Gasteiger partial charge in [-0.05, 0) is 55.5 Å². The summed E-state index contributed by atoms with van der Waals surface area (Å²) in [7, 11) is 0. The minimum absolute atomic E-state index is 0.0377. The number of benzene rings is 2. The molecule has 0 saturated carbocycles. The van der Waals surface area contributed by atoms with Crippen LogP contribution in [-0.2, 0) is 9.59 Å². The fraction of sp³-hybridized carbons (Fsp3) is 0.391. The van der Waals surface area contributed by atoms with Crippen molar-refractivity contribution in [3.05, 3.63) is 54.1 Å². The first-order chi connectivity index (χ1) is 13.4. The van der Waals surface area contributed by atoms with Crippen LogP contribution < -0.4 is 15.4 Å². The minimum Gasteiger partial charge on any atom is -0.481 e. The summed E-state index contributed by atoms with van der Waals surface area (Å²) < 4.78 is 5.95. The first-order valence-electron chi connectivity index (χ1n) is 9.90. The van der Waals surface area contributed by atoms with Gasteiger partial charge in [0, 0.05) is 17.8 Å². The summed E-state index contributed by atoms with van der Waals surface area (Å²) in [6.07, 6.45) is 1.60. The van der Waals surface area contributed by atoms with Gasteiger partial charge in [0.15, 0.2) is 6.10 Å². The van der Waals surface area contributed by atoms with E-state index in [9.17, 15) is 9.59 Å². The van der Waals surface area contributed by atoms with Gasteiger partial charge in [0.2, 0.25) is 5.91 Å². The van der Waals surface area contributed by atoms with Crippen LogP contribution in [0.2, 0.25) is 0 Å². The number of para-hydroxylation sites is 1. The molecule has 0 saturated heterocycles. The number of ether oxygens (including phenoxy) is 1. The first kappa shape index (κ1) is 21.5. The minimum atomic E-state index is -0.649. The van der Waals surface area contributed by atoms with Gasteiger partial charge in [-0.25, -0.2) is 0 Å². The Kier molecular flexibility index (Phi) is 8.05. The van der Waals surface area contributed by atoms with E-state index in [-0.39, 0.29) is 11.8 Å². The summed E-state index contributed by atoms with van der Waals surface area (Å²) in [4.78, 5) is 24.3. The van der Waals surface area contributed by atoms with Crippen LogP contribution in [0, 0.1) is 0 Å². The van der Waals surface area contributed by atoms with E-state index in [4.69, 9.17) is 4.74 Å². The van der Waals surface area contributed by atoms with Gasteiger partial charge in [0.05, 0.1) is 0 Å². The maximum Gasteiger partial charge on any atom is 0.265 e. The predicted octanol–water partition coefficient (Wildman–Crippen LogP) is 5.34. The van der Waals surface area contributed by atoms with Gasteiger partial charge in [0.25, 0.3) is 5.91 Å². The monoisotopic (exact) mass is 382 g/mol. The van der Waals surface area contributed by atoms with Gasteiger partial charge in [-0.15, -0.1) is 0 Å². The fourth-order valence-electron chi connectivity index (χ4n) is 2.83. The van der Waals surface area contributed by atoms with E-state index in [1.165, 1.54) is 0 Å². The average molecular weight is 383 g/mol. The molecule has 0 heterocycles. The van der Waals surface area contributed by atoms with Crippen molar-refractivity contribution in [2.75, 3.05) is 10.6 Å². The molecule has 0 aromatic heterocycles. The lowest BCUT2D eigenvalue weighted by molar-refractivity contribution is -0.122. The largest absolute Gasteiger partial charge is 0.481 e. The highest BCUT2D eigenvalue weighted by atomic mass is 16.5. The van der Waals surface area contributed by atoms with Crippen molar-refractivity contribution in [3.8, 4) is 5.75 Å². The summed E-state index contributed by atoms with van der Waals surface area (Å²) in [5, 5.41) is 5.69. The number of rotatable bonds is 9. The highest BCUT2D eigenvalue weighted by Gasteiger charge is 2.18. The van der Waals surface area contributed by atoms with Gasteiger partial charge in [0.1, 0.15) is 5.75 Å². The molecule has 2 rings (SSSR count). The molecule has 2 aromatic rings. The van der Waals surface area contributed by atoms with E-state index in [1.54, 1.807) is 31.2 Å². The van der Waals surface area contributed by atoms with Gasteiger partial charge >= 0.3 is 0 Å². The zero-order chi connectivity index (χ0) is 20.5. The zero-order valence-corrected chi connectivity index (χ0v) is 17.1. The molecule has 0 fully saturated rings. The normalized spacial score (nSPS) is 12.7. The van der Waals surface area contributed by atoms with Gasteiger partial charge in [-0.3, -0.25) is 9.59 Å². The van der Waals surface area contributed by atoms with Crippen LogP contribution in [0.4, 0.5) is 11.4 Å². The van der Waals surface area contributed by atoms with Crippen LogP contribution in [0.1, 0.15) is 58.4 Å². The van der Waals surface area contributed by atoms with Crippen LogP contribution in [0.3, 0.4) is 0 Å². The quantitative estimate of drug-likeness (QED) is 0.615. The molecule has 2 atom stereocenters. The summed E-state index contributed by atoms with van der Waals surface area (Å²) in [6, 6.07) is 14.9. The Labute approximate surface area is 167 Å². The van der Waals surface area contributed by atoms with Gasteiger partial charge < -0.3 is 15.4 Å². The van der Waals surface area contributed by atoms with Crippen molar-refractivity contribution in [3.63, 3.8) is 0 Å². The Hall–Kier alpha value is -2.82. The van der Waals surface area contributed by atoms with Gasteiger partial charge in [-0.2, -0.15) is 0 Å². The number of carbonyl (C=O) groups is 2. The first-order valence-corrected chi connectivity index (χ1v) is 9.90. The second-order valence-electron chi connectivity index (χ2n) is 6.98. The predicted molar refractivity (Wildman–Crippen MR) is 114 cm³/mol. The average Bonchev–Trinajstić information content (AvgIpc) is 2.68. The molecule has 2 amide bonds. The summed E-state index contributed by atoms with van der Waals surface area (Å²) in [5.74, 6) is 0.815. The molecule has 0 bridgehead atoms. The Balaban J connectivity index is 2.02. The molecule has 0 spiro atoms. The van der Waals surface area contributed by atoms with E-state index in [2.05, 4.69) is 24.5 Å². The van der Waals surface area contributed by atoms with Crippen LogP contribution >= 0.6 is 0 Å². The second-order valence-corrected chi connectivity index (χ2v) is 6.98. The number of hydrogen-bond donors (Lipinski definition) is 2. The van der Waals surface area contributed by atoms with Crippen molar-refractivity contribution >= 4 is 23.2 Å². The third-order valence-electron chi connectivity index (χ3n) is 4.63. The van der Waals surface area contributed by atoms with Crippen LogP contribution in [0.15, 0.2) is 48.5 Å². The van der Waals surface area contributed by atoms with E-state index in [0.717, 1.165) is 24.2 Å². The molecule has 0 aliphatic carbocycles. The summed E-state index contributed by atoms with van der Waals surface area (Å²) in [5.41, 5.74) is 2.38. The second kappa shape index (κ2) is 10.5. The number of hydrogen-bond acceptors (Lipinski definition) is 3. The molecule has 150 valence electrons. The molecular weight excluding hydrogens is 352 g/mol. The molecule has 28 heavy (non-hydrogen) atoms. The molecule has 0 aliphatic heterocycles. The van der Waals surface area contributed by atoms with Gasteiger partial charge in [-0.1, -0.05) is 45.0 Å². The van der Waals surface area contributed by atoms with E-state index < -0.39 is 6.10 Å². The Morgan fingerprint density at radius 1 is 0.964 bits per heavy atom. The molecule has 2 unspecified atom stereocenters. The summed E-state index contributed by atoms with van der Waals surface area (Å²) in [6.45, 7) is 7.96. The van der Waals surface area contributed by atoms with Crippen molar-refractivity contribution in [2.45, 2.75) is 59.0 Å². The van der Waals surface area contributed by atoms with Crippen molar-refractivity contribution in [2.24, 2.45) is 0 Å². The molecule has 2 N–H and O–H groups in total. The molecule has 0 aliphatic rings. The highest BCUT2D eigenvalue weighted by Crippen LogP contribution is 2.29. The maximum atomic E-state index is 12.6. The maximum absolute atomic E-state index is 12.6. The standard InChI is InChI=1S/C23H30N2O3/c1-5-10-22(26)24-18-11-9-12-19(15-18)25-23(27)17(4)28-21-14-8-7-13-20(21)16(3)6-2/h7-9,11-17H,5-6,10H2,1-4H3,(H,24,26)(H,25,27). The summed E-state index contributed by atoms with van der Waals surface area (Å²) >= 11 is 0. The van der Waals surface area contributed by atoms with E-state index in [0.29, 0.717) is 23.7 Å². The fourth-order valence-corrected chi connectivity index (χ4v) is 2.83. The van der Waals surface area contributed by atoms with Crippen molar-refractivity contribution in [1.82, 2.24) is 0 Å². The molecule has 5 heteroatoms. The van der Waals surface area contributed by atoms with Crippen molar-refractivity contribution in [1.29, 1.82) is 0 Å². The Morgan fingerprint density at radius 2 is 1.64 bits per heavy atom. The van der Waals surface area contributed by atoms with Crippen molar-refractivity contribution < 1.29 is 14.3 Å². The third kappa shape index (κ3) is 6.12.